The molecule has 0 unspecified atom stereocenters. The Bertz CT molecular complexity index is 798. The van der Waals surface area contributed by atoms with Crippen LogP contribution in [0.4, 0.5) is 0 Å². The maximum absolute atomic E-state index is 6.29. The van der Waals surface area contributed by atoms with Crippen LogP contribution in [0.3, 0.4) is 0 Å². The van der Waals surface area contributed by atoms with E-state index < -0.39 is 0 Å². The Morgan fingerprint density at radius 1 is 1.09 bits per heavy atom. The average molecular weight is 314 g/mol. The van der Waals surface area contributed by atoms with Gasteiger partial charge in [0.25, 0.3) is 0 Å². The summed E-state index contributed by atoms with van der Waals surface area (Å²) in [6.07, 6.45) is 0.914. The van der Waals surface area contributed by atoms with Crippen molar-refractivity contribution in [3.05, 3.63) is 59.4 Å². The summed E-state index contributed by atoms with van der Waals surface area (Å²) in [5, 5.41) is 4.87. The predicted molar refractivity (Wildman–Crippen MR) is 87.7 cm³/mol. The van der Waals surface area contributed by atoms with E-state index in [9.17, 15) is 0 Å². The van der Waals surface area contributed by atoms with Gasteiger partial charge in [0.1, 0.15) is 11.4 Å². The van der Waals surface area contributed by atoms with Crippen molar-refractivity contribution in [2.75, 3.05) is 7.11 Å². The average Bonchev–Trinajstić information content (AvgIpc) is 2.96. The summed E-state index contributed by atoms with van der Waals surface area (Å²) in [7, 11) is 1.62. The molecule has 1 aromatic heterocycles. The van der Waals surface area contributed by atoms with E-state index in [1.165, 1.54) is 5.56 Å². The molecular weight excluding hydrogens is 298 g/mol. The van der Waals surface area contributed by atoms with Crippen molar-refractivity contribution in [1.82, 2.24) is 14.8 Å². The molecule has 0 aliphatic carbocycles. The second-order valence-electron chi connectivity index (χ2n) is 4.80. The van der Waals surface area contributed by atoms with Crippen molar-refractivity contribution < 1.29 is 4.74 Å². The number of hydrogen-bond acceptors (Lipinski definition) is 3. The fraction of sp³-hybridized carbons (Fsp3) is 0.176. The topological polar surface area (TPSA) is 39.9 Å². The Labute approximate surface area is 134 Å². The highest BCUT2D eigenvalue weighted by Gasteiger charge is 2.15. The molecule has 1 heterocycles. The maximum Gasteiger partial charge on any atom is 0.226 e. The summed E-state index contributed by atoms with van der Waals surface area (Å²) >= 11 is 6.29. The van der Waals surface area contributed by atoms with Crippen molar-refractivity contribution in [2.45, 2.75) is 13.3 Å². The van der Waals surface area contributed by atoms with Crippen LogP contribution in [-0.4, -0.2) is 21.9 Å². The molecule has 2 aromatic carbocycles. The highest BCUT2D eigenvalue weighted by Crippen LogP contribution is 2.28. The van der Waals surface area contributed by atoms with E-state index >= 15 is 0 Å². The lowest BCUT2D eigenvalue weighted by molar-refractivity contribution is 0.411. The highest BCUT2D eigenvalue weighted by molar-refractivity contribution is 6.28. The molecule has 0 fully saturated rings. The van der Waals surface area contributed by atoms with E-state index in [1.54, 1.807) is 11.8 Å². The largest absolute Gasteiger partial charge is 0.494 e. The van der Waals surface area contributed by atoms with Gasteiger partial charge < -0.3 is 4.74 Å². The number of para-hydroxylation sites is 2. The number of methoxy groups -OCH3 is 1. The van der Waals surface area contributed by atoms with Crippen molar-refractivity contribution in [3.63, 3.8) is 0 Å². The number of nitrogens with zero attached hydrogens (tertiary/aromatic N) is 3. The van der Waals surface area contributed by atoms with Crippen LogP contribution in [0, 0.1) is 0 Å². The third-order valence-electron chi connectivity index (χ3n) is 3.52. The molecule has 0 atom stereocenters. The van der Waals surface area contributed by atoms with Gasteiger partial charge in [0.15, 0.2) is 5.82 Å². The van der Waals surface area contributed by atoms with Crippen molar-refractivity contribution >= 4 is 11.6 Å². The van der Waals surface area contributed by atoms with E-state index in [1.807, 2.05) is 42.5 Å². The molecule has 112 valence electrons. The molecule has 0 radical (unpaired) electrons. The van der Waals surface area contributed by atoms with Gasteiger partial charge in [-0.05, 0) is 35.7 Å². The number of ether oxygens (including phenoxy) is 1. The van der Waals surface area contributed by atoms with Gasteiger partial charge in [-0.15, -0.1) is 5.10 Å². The number of hydrogen-bond donors (Lipinski definition) is 0. The zero-order valence-electron chi connectivity index (χ0n) is 12.5. The van der Waals surface area contributed by atoms with Crippen LogP contribution in [-0.2, 0) is 6.42 Å². The van der Waals surface area contributed by atoms with Gasteiger partial charge in [-0.2, -0.15) is 9.67 Å². The minimum atomic E-state index is 0.311. The highest BCUT2D eigenvalue weighted by atomic mass is 35.5. The third kappa shape index (κ3) is 2.57. The monoisotopic (exact) mass is 313 g/mol. The minimum absolute atomic E-state index is 0.311. The second-order valence-corrected chi connectivity index (χ2v) is 5.14. The molecule has 3 aromatic rings. The SMILES string of the molecule is CCc1ccccc1-c1nc(Cl)n(-c2ccccc2OC)n1. The Morgan fingerprint density at radius 2 is 1.82 bits per heavy atom. The molecular formula is C17H16ClN3O. The lowest BCUT2D eigenvalue weighted by Crippen LogP contribution is -2.00. The lowest BCUT2D eigenvalue weighted by atomic mass is 10.1. The molecule has 5 heteroatoms. The normalized spacial score (nSPS) is 10.7. The molecule has 4 nitrogen and oxygen atoms in total. The second kappa shape index (κ2) is 6.20. The predicted octanol–water partition coefficient (Wildman–Crippen LogP) is 4.16. The first-order chi connectivity index (χ1) is 10.7. The first-order valence-electron chi connectivity index (χ1n) is 7.08. The third-order valence-corrected chi connectivity index (χ3v) is 3.76. The van der Waals surface area contributed by atoms with E-state index in [2.05, 4.69) is 23.1 Å². The number of aromatic nitrogens is 3. The van der Waals surface area contributed by atoms with Crippen LogP contribution in [0.25, 0.3) is 17.1 Å². The Balaban J connectivity index is 2.12. The Kier molecular flexibility index (Phi) is 4.11. The molecule has 0 bridgehead atoms. The quantitative estimate of drug-likeness (QED) is 0.726. The molecule has 0 aliphatic rings. The molecule has 0 spiro atoms. The van der Waals surface area contributed by atoms with Crippen LogP contribution in [0.5, 0.6) is 5.75 Å². The van der Waals surface area contributed by atoms with Gasteiger partial charge in [-0.1, -0.05) is 43.3 Å². The maximum atomic E-state index is 6.29. The fourth-order valence-corrected chi connectivity index (χ4v) is 2.62. The van der Waals surface area contributed by atoms with Crippen LogP contribution in [0.15, 0.2) is 48.5 Å². The summed E-state index contributed by atoms with van der Waals surface area (Å²) in [6, 6.07) is 15.7. The first kappa shape index (κ1) is 14.6. The number of rotatable bonds is 4. The van der Waals surface area contributed by atoms with E-state index in [0.29, 0.717) is 16.9 Å². The number of benzene rings is 2. The van der Waals surface area contributed by atoms with Crippen molar-refractivity contribution in [1.29, 1.82) is 0 Å². The Morgan fingerprint density at radius 3 is 2.59 bits per heavy atom. The molecule has 0 saturated heterocycles. The summed E-state index contributed by atoms with van der Waals surface area (Å²) in [4.78, 5) is 4.40. The van der Waals surface area contributed by atoms with Crippen LogP contribution in [0.1, 0.15) is 12.5 Å². The van der Waals surface area contributed by atoms with Gasteiger partial charge >= 0.3 is 0 Å². The van der Waals surface area contributed by atoms with Gasteiger partial charge in [-0.3, -0.25) is 0 Å². The Hall–Kier alpha value is -2.33. The van der Waals surface area contributed by atoms with E-state index in [-0.39, 0.29) is 0 Å². The number of halogens is 1. The van der Waals surface area contributed by atoms with Crippen LogP contribution < -0.4 is 4.74 Å². The fourth-order valence-electron chi connectivity index (χ4n) is 2.41. The van der Waals surface area contributed by atoms with Crippen LogP contribution >= 0.6 is 11.6 Å². The first-order valence-corrected chi connectivity index (χ1v) is 7.46. The van der Waals surface area contributed by atoms with E-state index in [4.69, 9.17) is 16.3 Å². The summed E-state index contributed by atoms with van der Waals surface area (Å²) in [5.41, 5.74) is 2.96. The van der Waals surface area contributed by atoms with Crippen LogP contribution in [0.2, 0.25) is 5.28 Å². The van der Waals surface area contributed by atoms with Gasteiger partial charge in [0.05, 0.1) is 7.11 Å². The summed E-state index contributed by atoms with van der Waals surface area (Å²) < 4.78 is 6.97. The smallest absolute Gasteiger partial charge is 0.226 e. The van der Waals surface area contributed by atoms with Gasteiger partial charge in [0, 0.05) is 5.56 Å². The van der Waals surface area contributed by atoms with Gasteiger partial charge in [-0.25, -0.2) is 0 Å². The minimum Gasteiger partial charge on any atom is -0.494 e. The molecule has 0 aliphatic heterocycles. The molecule has 0 saturated carbocycles. The number of aryl methyl sites for hydroxylation is 1. The zero-order chi connectivity index (χ0) is 15.5. The standard InChI is InChI=1S/C17H16ClN3O/c1-3-12-8-4-5-9-13(12)16-19-17(18)21(20-16)14-10-6-7-11-15(14)22-2/h4-11H,3H2,1-2H3. The van der Waals surface area contributed by atoms with E-state index in [0.717, 1.165) is 17.7 Å². The van der Waals surface area contributed by atoms with Gasteiger partial charge in [0.2, 0.25) is 5.28 Å². The zero-order valence-corrected chi connectivity index (χ0v) is 13.2. The van der Waals surface area contributed by atoms with Crippen molar-refractivity contribution in [2.24, 2.45) is 0 Å². The molecule has 3 rings (SSSR count). The lowest BCUT2D eigenvalue weighted by Gasteiger charge is -2.07. The molecule has 22 heavy (non-hydrogen) atoms. The van der Waals surface area contributed by atoms with Crippen molar-refractivity contribution in [3.8, 4) is 22.8 Å². The molecule has 0 amide bonds. The molecule has 0 N–H and O–H groups in total. The summed E-state index contributed by atoms with van der Waals surface area (Å²) in [5.74, 6) is 1.32. The summed E-state index contributed by atoms with van der Waals surface area (Å²) in [6.45, 7) is 2.11.